The standard InChI is InChI=1S/C32H26N4O4S2/c1-21(29(37)36-32-33-18-19-41-32)42-26-15-12-24(13-16-26)34-31(39)27(35-30(38)23-10-6-3-7-11-23)20-25-14-17-28(40-25)22-8-4-2-5-9-22/h2-21H,1H3,(H,34,39)(H,35,38)(H,33,36,37)/b27-20+/t21-/m1/s1. The van der Waals surface area contributed by atoms with Crippen molar-refractivity contribution >= 4 is 57.7 Å². The summed E-state index contributed by atoms with van der Waals surface area (Å²) in [5, 5.41) is 10.3. The van der Waals surface area contributed by atoms with Gasteiger partial charge in [-0.3, -0.25) is 14.4 Å². The summed E-state index contributed by atoms with van der Waals surface area (Å²) in [5.74, 6) is -0.0514. The Morgan fingerprint density at radius 2 is 1.60 bits per heavy atom. The highest BCUT2D eigenvalue weighted by Crippen LogP contribution is 2.27. The predicted octanol–water partition coefficient (Wildman–Crippen LogP) is 6.93. The molecule has 3 N–H and O–H groups in total. The molecule has 0 bridgehead atoms. The van der Waals surface area contributed by atoms with E-state index in [1.165, 1.54) is 29.2 Å². The lowest BCUT2D eigenvalue weighted by atomic mass is 10.2. The number of nitrogens with zero attached hydrogens (tertiary/aromatic N) is 1. The highest BCUT2D eigenvalue weighted by atomic mass is 32.2. The number of rotatable bonds is 10. The van der Waals surface area contributed by atoms with Crippen molar-refractivity contribution in [1.82, 2.24) is 10.3 Å². The average molecular weight is 595 g/mol. The van der Waals surface area contributed by atoms with Gasteiger partial charge in [0.25, 0.3) is 11.8 Å². The van der Waals surface area contributed by atoms with Gasteiger partial charge in [-0.2, -0.15) is 0 Å². The second-order valence-electron chi connectivity index (χ2n) is 9.01. The predicted molar refractivity (Wildman–Crippen MR) is 167 cm³/mol. The molecule has 42 heavy (non-hydrogen) atoms. The van der Waals surface area contributed by atoms with Crippen molar-refractivity contribution in [2.45, 2.75) is 17.1 Å². The lowest BCUT2D eigenvalue weighted by Gasteiger charge is -2.13. The summed E-state index contributed by atoms with van der Waals surface area (Å²) in [5.41, 5.74) is 1.84. The highest BCUT2D eigenvalue weighted by Gasteiger charge is 2.18. The molecule has 5 aromatic rings. The maximum Gasteiger partial charge on any atom is 0.272 e. The number of nitrogens with one attached hydrogen (secondary N) is 3. The van der Waals surface area contributed by atoms with Crippen molar-refractivity contribution in [3.63, 3.8) is 0 Å². The first-order valence-electron chi connectivity index (χ1n) is 13.0. The first kappa shape index (κ1) is 28.6. The Morgan fingerprint density at radius 1 is 0.881 bits per heavy atom. The number of thioether (sulfide) groups is 1. The van der Waals surface area contributed by atoms with E-state index in [-0.39, 0.29) is 16.9 Å². The largest absolute Gasteiger partial charge is 0.457 e. The van der Waals surface area contributed by atoms with E-state index in [1.807, 2.05) is 61.5 Å². The Kier molecular flexibility index (Phi) is 9.27. The molecule has 0 fully saturated rings. The van der Waals surface area contributed by atoms with E-state index < -0.39 is 11.8 Å². The number of carbonyl (C=O) groups excluding carboxylic acids is 3. The summed E-state index contributed by atoms with van der Waals surface area (Å²) >= 11 is 2.75. The molecule has 3 amide bonds. The molecule has 10 heteroatoms. The molecule has 2 heterocycles. The van der Waals surface area contributed by atoms with Crippen LogP contribution >= 0.6 is 23.1 Å². The number of hydrogen-bond donors (Lipinski definition) is 3. The molecule has 2 aromatic heterocycles. The van der Waals surface area contributed by atoms with Crippen molar-refractivity contribution in [2.75, 3.05) is 10.6 Å². The molecule has 0 radical (unpaired) electrons. The first-order chi connectivity index (χ1) is 20.4. The summed E-state index contributed by atoms with van der Waals surface area (Å²) in [6.07, 6.45) is 3.13. The minimum absolute atomic E-state index is 0.0174. The minimum Gasteiger partial charge on any atom is -0.457 e. The summed E-state index contributed by atoms with van der Waals surface area (Å²) in [6, 6.07) is 28.9. The van der Waals surface area contributed by atoms with Crippen molar-refractivity contribution < 1.29 is 18.8 Å². The summed E-state index contributed by atoms with van der Waals surface area (Å²) < 4.78 is 5.95. The van der Waals surface area contributed by atoms with Crippen LogP contribution in [0.25, 0.3) is 17.4 Å². The Bertz CT molecular complexity index is 1680. The number of carbonyl (C=O) groups is 3. The lowest BCUT2D eigenvalue weighted by molar-refractivity contribution is -0.115. The van der Waals surface area contributed by atoms with Gasteiger partial charge >= 0.3 is 0 Å². The number of aromatic nitrogens is 1. The fraction of sp³-hybridized carbons (Fsp3) is 0.0625. The van der Waals surface area contributed by atoms with E-state index in [0.29, 0.717) is 27.9 Å². The van der Waals surface area contributed by atoms with Gasteiger partial charge in [-0.25, -0.2) is 4.98 Å². The van der Waals surface area contributed by atoms with Gasteiger partial charge in [0.2, 0.25) is 5.91 Å². The molecule has 0 spiro atoms. The number of thiazole rings is 1. The molecule has 0 saturated heterocycles. The molecule has 1 atom stereocenters. The molecule has 0 unspecified atom stereocenters. The fourth-order valence-electron chi connectivity index (χ4n) is 3.84. The van der Waals surface area contributed by atoms with E-state index >= 15 is 0 Å². The van der Waals surface area contributed by atoms with Crippen LogP contribution in [0.2, 0.25) is 0 Å². The number of anilines is 2. The quantitative estimate of drug-likeness (QED) is 0.119. The Morgan fingerprint density at radius 3 is 2.29 bits per heavy atom. The third-order valence-electron chi connectivity index (χ3n) is 5.96. The summed E-state index contributed by atoms with van der Waals surface area (Å²) in [7, 11) is 0. The zero-order chi connectivity index (χ0) is 29.3. The van der Waals surface area contributed by atoms with Crippen LogP contribution in [0.4, 0.5) is 10.8 Å². The van der Waals surface area contributed by atoms with Gasteiger partial charge in [0.1, 0.15) is 17.2 Å². The second-order valence-corrected chi connectivity index (χ2v) is 11.3. The highest BCUT2D eigenvalue weighted by molar-refractivity contribution is 8.00. The monoisotopic (exact) mass is 594 g/mol. The van der Waals surface area contributed by atoms with Crippen molar-refractivity contribution in [1.29, 1.82) is 0 Å². The molecular formula is C32H26N4O4S2. The smallest absolute Gasteiger partial charge is 0.272 e. The van der Waals surface area contributed by atoms with Gasteiger partial charge in [0, 0.05) is 39.4 Å². The fourth-order valence-corrected chi connectivity index (χ4v) is 5.24. The van der Waals surface area contributed by atoms with E-state index in [9.17, 15) is 14.4 Å². The van der Waals surface area contributed by atoms with Gasteiger partial charge in [-0.1, -0.05) is 48.5 Å². The van der Waals surface area contributed by atoms with Crippen LogP contribution in [0.1, 0.15) is 23.0 Å². The summed E-state index contributed by atoms with van der Waals surface area (Å²) in [6.45, 7) is 1.81. The van der Waals surface area contributed by atoms with Gasteiger partial charge < -0.3 is 20.4 Å². The van der Waals surface area contributed by atoms with E-state index in [0.717, 1.165) is 10.5 Å². The number of furan rings is 1. The molecule has 8 nitrogen and oxygen atoms in total. The number of amides is 3. The van der Waals surface area contributed by atoms with Crippen LogP contribution in [0.5, 0.6) is 0 Å². The van der Waals surface area contributed by atoms with Gasteiger partial charge in [-0.05, 0) is 55.5 Å². The third-order valence-corrected chi connectivity index (χ3v) is 7.76. The first-order valence-corrected chi connectivity index (χ1v) is 14.7. The Labute approximate surface area is 250 Å². The Hall–Kier alpha value is -4.93. The van der Waals surface area contributed by atoms with Gasteiger partial charge in [-0.15, -0.1) is 23.1 Å². The van der Waals surface area contributed by atoms with Crippen LogP contribution in [-0.2, 0) is 9.59 Å². The summed E-state index contributed by atoms with van der Waals surface area (Å²) in [4.78, 5) is 43.7. The zero-order valence-electron chi connectivity index (χ0n) is 22.4. The molecular weight excluding hydrogens is 569 g/mol. The number of hydrogen-bond acceptors (Lipinski definition) is 7. The Balaban J connectivity index is 1.29. The molecule has 0 aliphatic rings. The normalized spacial score (nSPS) is 11.9. The maximum atomic E-state index is 13.4. The maximum absolute atomic E-state index is 13.4. The second kappa shape index (κ2) is 13.6. The van der Waals surface area contributed by atoms with Crippen molar-refractivity contribution in [2.24, 2.45) is 0 Å². The van der Waals surface area contributed by atoms with Crippen molar-refractivity contribution in [3.05, 3.63) is 126 Å². The van der Waals surface area contributed by atoms with Crippen molar-refractivity contribution in [3.8, 4) is 11.3 Å². The lowest BCUT2D eigenvalue weighted by Crippen LogP contribution is -2.30. The van der Waals surface area contributed by atoms with E-state index in [4.69, 9.17) is 4.42 Å². The van der Waals surface area contributed by atoms with Gasteiger partial charge in [0.05, 0.1) is 5.25 Å². The molecule has 3 aromatic carbocycles. The minimum atomic E-state index is -0.520. The third kappa shape index (κ3) is 7.62. The topological polar surface area (TPSA) is 113 Å². The molecule has 0 aliphatic carbocycles. The van der Waals surface area contributed by atoms with E-state index in [1.54, 1.807) is 54.0 Å². The number of benzene rings is 3. The molecule has 0 saturated carbocycles. The average Bonchev–Trinajstić information content (AvgIpc) is 3.71. The van der Waals surface area contributed by atoms with Crippen LogP contribution in [0, 0.1) is 0 Å². The van der Waals surface area contributed by atoms with Crippen LogP contribution in [0.15, 0.2) is 124 Å². The van der Waals surface area contributed by atoms with Crippen LogP contribution in [-0.4, -0.2) is 28.0 Å². The van der Waals surface area contributed by atoms with Gasteiger partial charge in [0.15, 0.2) is 5.13 Å². The molecule has 5 rings (SSSR count). The zero-order valence-corrected chi connectivity index (χ0v) is 24.1. The molecule has 210 valence electrons. The van der Waals surface area contributed by atoms with Crippen LogP contribution < -0.4 is 16.0 Å². The van der Waals surface area contributed by atoms with Crippen LogP contribution in [0.3, 0.4) is 0 Å². The molecule has 0 aliphatic heterocycles. The van der Waals surface area contributed by atoms with E-state index in [2.05, 4.69) is 20.9 Å². The SMILES string of the molecule is C[C@@H](Sc1ccc(NC(=O)/C(=C\c2ccc(-c3ccccc3)o2)NC(=O)c2ccccc2)cc1)C(=O)Nc1nccs1.